The highest BCUT2D eigenvalue weighted by atomic mass is 16.5. The first-order valence-corrected chi connectivity index (χ1v) is 8.64. The minimum absolute atomic E-state index is 0.216. The van der Waals surface area contributed by atoms with Crippen LogP contribution in [0.1, 0.15) is 12.5 Å². The lowest BCUT2D eigenvalue weighted by molar-refractivity contribution is 0.432. The standard InChI is InChI=1S/C19H16N6O2/c1-3-24-16-5-4-12(6-13(16)9-20-24)15-7-17(26)25-19(23-15)14(10-21-25)18-11(2)8-22-27-18/h4-10,23H,3H2,1-2H3. The summed E-state index contributed by atoms with van der Waals surface area (Å²) >= 11 is 0. The van der Waals surface area contributed by atoms with Crippen molar-refractivity contribution in [2.75, 3.05) is 0 Å². The molecular weight excluding hydrogens is 344 g/mol. The van der Waals surface area contributed by atoms with Crippen LogP contribution < -0.4 is 5.56 Å². The molecule has 0 radical (unpaired) electrons. The van der Waals surface area contributed by atoms with Gasteiger partial charge < -0.3 is 9.51 Å². The molecule has 0 atom stereocenters. The van der Waals surface area contributed by atoms with Gasteiger partial charge >= 0.3 is 0 Å². The fourth-order valence-corrected chi connectivity index (χ4v) is 3.36. The Morgan fingerprint density at radius 1 is 1.15 bits per heavy atom. The molecule has 1 aromatic carbocycles. The summed E-state index contributed by atoms with van der Waals surface area (Å²) in [5.41, 5.74) is 4.60. The fraction of sp³-hybridized carbons (Fsp3) is 0.158. The summed E-state index contributed by atoms with van der Waals surface area (Å²) in [5.74, 6) is 0.595. The molecular formula is C19H16N6O2. The largest absolute Gasteiger partial charge is 0.356 e. The van der Waals surface area contributed by atoms with Gasteiger partial charge in [0.25, 0.3) is 5.56 Å². The van der Waals surface area contributed by atoms with E-state index in [1.165, 1.54) is 4.52 Å². The van der Waals surface area contributed by atoms with Crippen LogP contribution in [0.25, 0.3) is 39.1 Å². The number of hydrogen-bond donors (Lipinski definition) is 1. The minimum atomic E-state index is -0.216. The van der Waals surface area contributed by atoms with E-state index in [4.69, 9.17) is 4.52 Å². The molecule has 0 aliphatic carbocycles. The average molecular weight is 360 g/mol. The second-order valence-electron chi connectivity index (χ2n) is 6.41. The number of aromatic nitrogens is 6. The molecule has 8 nitrogen and oxygen atoms in total. The Balaban J connectivity index is 1.72. The van der Waals surface area contributed by atoms with Gasteiger partial charge in [-0.15, -0.1) is 0 Å². The van der Waals surface area contributed by atoms with Crippen LogP contribution in [0.3, 0.4) is 0 Å². The van der Waals surface area contributed by atoms with Crippen molar-refractivity contribution in [1.29, 1.82) is 0 Å². The van der Waals surface area contributed by atoms with Crippen LogP contribution in [-0.4, -0.2) is 29.5 Å². The number of H-pyrrole nitrogens is 1. The van der Waals surface area contributed by atoms with Crippen LogP contribution >= 0.6 is 0 Å². The van der Waals surface area contributed by atoms with E-state index in [0.717, 1.165) is 28.6 Å². The maximum atomic E-state index is 12.6. The van der Waals surface area contributed by atoms with E-state index >= 15 is 0 Å². The van der Waals surface area contributed by atoms with Crippen molar-refractivity contribution in [3.05, 3.63) is 58.8 Å². The third-order valence-electron chi connectivity index (χ3n) is 4.74. The maximum absolute atomic E-state index is 12.6. The SMILES string of the molecule is CCn1ncc2cc(-c3cc(=O)n4ncc(-c5oncc5C)c4[nH]3)ccc21. The number of benzene rings is 1. The monoisotopic (exact) mass is 360 g/mol. The molecule has 8 heteroatoms. The molecule has 0 spiro atoms. The molecule has 0 saturated carbocycles. The Morgan fingerprint density at radius 3 is 2.81 bits per heavy atom. The Bertz CT molecular complexity index is 1350. The van der Waals surface area contributed by atoms with Gasteiger partial charge in [-0.1, -0.05) is 11.2 Å². The number of fused-ring (bicyclic) bond motifs is 2. The first-order chi connectivity index (χ1) is 13.2. The highest BCUT2D eigenvalue weighted by molar-refractivity contribution is 5.84. The number of aromatic amines is 1. The lowest BCUT2D eigenvalue weighted by Crippen LogP contribution is -2.14. The maximum Gasteiger partial charge on any atom is 0.274 e. The van der Waals surface area contributed by atoms with Crippen LogP contribution in [-0.2, 0) is 6.54 Å². The predicted octanol–water partition coefficient (Wildman–Crippen LogP) is 3.02. The summed E-state index contributed by atoms with van der Waals surface area (Å²) in [4.78, 5) is 15.9. The van der Waals surface area contributed by atoms with Crippen LogP contribution in [0.4, 0.5) is 0 Å². The third-order valence-corrected chi connectivity index (χ3v) is 4.74. The Kier molecular flexibility index (Phi) is 3.27. The smallest absolute Gasteiger partial charge is 0.274 e. The zero-order chi connectivity index (χ0) is 18.5. The molecule has 1 N–H and O–H groups in total. The Morgan fingerprint density at radius 2 is 2.04 bits per heavy atom. The number of nitrogens with one attached hydrogen (secondary N) is 1. The van der Waals surface area contributed by atoms with E-state index in [1.807, 2.05) is 36.0 Å². The number of nitrogens with zero attached hydrogens (tertiary/aromatic N) is 5. The topological polar surface area (TPSA) is 94.0 Å². The number of hydrogen-bond acceptors (Lipinski definition) is 5. The Hall–Kier alpha value is -3.68. The molecule has 0 amide bonds. The van der Waals surface area contributed by atoms with Crippen molar-refractivity contribution in [2.24, 2.45) is 0 Å². The summed E-state index contributed by atoms with van der Waals surface area (Å²) in [6.07, 6.45) is 5.08. The van der Waals surface area contributed by atoms with E-state index in [9.17, 15) is 4.79 Å². The quantitative estimate of drug-likeness (QED) is 0.534. The summed E-state index contributed by atoms with van der Waals surface area (Å²) < 4.78 is 8.60. The first-order valence-electron chi connectivity index (χ1n) is 8.64. The normalized spacial score (nSPS) is 11.6. The van der Waals surface area contributed by atoms with Crippen molar-refractivity contribution in [2.45, 2.75) is 20.4 Å². The van der Waals surface area contributed by atoms with E-state index in [2.05, 4.69) is 27.3 Å². The number of rotatable bonds is 3. The molecule has 4 heterocycles. The van der Waals surface area contributed by atoms with Crippen LogP contribution in [0, 0.1) is 6.92 Å². The molecule has 5 rings (SSSR count). The number of aryl methyl sites for hydroxylation is 2. The van der Waals surface area contributed by atoms with Gasteiger partial charge in [0.1, 0.15) is 5.65 Å². The van der Waals surface area contributed by atoms with Gasteiger partial charge in [0.05, 0.1) is 35.4 Å². The molecule has 0 fully saturated rings. The molecule has 134 valence electrons. The van der Waals surface area contributed by atoms with Gasteiger partial charge in [0.2, 0.25) is 0 Å². The molecule has 0 bridgehead atoms. The summed E-state index contributed by atoms with van der Waals surface area (Å²) in [6.45, 7) is 4.76. The van der Waals surface area contributed by atoms with Crippen LogP contribution in [0.2, 0.25) is 0 Å². The van der Waals surface area contributed by atoms with Gasteiger partial charge in [0.15, 0.2) is 5.76 Å². The molecule has 4 aromatic heterocycles. The predicted molar refractivity (Wildman–Crippen MR) is 100 cm³/mol. The van der Waals surface area contributed by atoms with Gasteiger partial charge in [-0.2, -0.15) is 14.7 Å². The van der Waals surface area contributed by atoms with Crippen molar-refractivity contribution in [1.82, 2.24) is 29.5 Å². The van der Waals surface area contributed by atoms with Crippen molar-refractivity contribution in [3.63, 3.8) is 0 Å². The zero-order valence-electron chi connectivity index (χ0n) is 14.8. The Labute approximate surface area is 153 Å². The van der Waals surface area contributed by atoms with Crippen LogP contribution in [0.5, 0.6) is 0 Å². The molecule has 0 saturated heterocycles. The van der Waals surface area contributed by atoms with Crippen molar-refractivity contribution < 1.29 is 4.52 Å². The van der Waals surface area contributed by atoms with Gasteiger partial charge in [-0.05, 0) is 31.5 Å². The second kappa shape index (κ2) is 5.66. The van der Waals surface area contributed by atoms with E-state index in [0.29, 0.717) is 22.7 Å². The lowest BCUT2D eigenvalue weighted by atomic mass is 10.1. The van der Waals surface area contributed by atoms with Gasteiger partial charge in [-0.3, -0.25) is 9.48 Å². The van der Waals surface area contributed by atoms with Crippen LogP contribution in [0.15, 0.2) is 52.2 Å². The summed E-state index contributed by atoms with van der Waals surface area (Å²) in [5, 5.41) is 13.4. The lowest BCUT2D eigenvalue weighted by Gasteiger charge is -2.05. The van der Waals surface area contributed by atoms with Gasteiger partial charge in [0, 0.05) is 23.6 Å². The average Bonchev–Trinajstić information content (AvgIpc) is 3.38. The zero-order valence-corrected chi connectivity index (χ0v) is 14.8. The van der Waals surface area contributed by atoms with E-state index < -0.39 is 0 Å². The van der Waals surface area contributed by atoms with E-state index in [1.54, 1.807) is 18.5 Å². The van der Waals surface area contributed by atoms with Crippen molar-refractivity contribution in [3.8, 4) is 22.6 Å². The minimum Gasteiger partial charge on any atom is -0.356 e. The highest BCUT2D eigenvalue weighted by Crippen LogP contribution is 2.28. The van der Waals surface area contributed by atoms with E-state index in [-0.39, 0.29) is 5.56 Å². The summed E-state index contributed by atoms with van der Waals surface area (Å²) in [6, 6.07) is 7.56. The van der Waals surface area contributed by atoms with Gasteiger partial charge in [-0.25, -0.2) is 0 Å². The molecule has 0 aliphatic heterocycles. The molecule has 0 aliphatic rings. The second-order valence-corrected chi connectivity index (χ2v) is 6.41. The summed E-state index contributed by atoms with van der Waals surface area (Å²) in [7, 11) is 0. The molecule has 0 unspecified atom stereocenters. The third kappa shape index (κ3) is 2.30. The van der Waals surface area contributed by atoms with Crippen molar-refractivity contribution >= 4 is 16.6 Å². The molecule has 27 heavy (non-hydrogen) atoms. The highest BCUT2D eigenvalue weighted by Gasteiger charge is 2.16. The first kappa shape index (κ1) is 15.6. The molecule has 5 aromatic rings. The fourth-order valence-electron chi connectivity index (χ4n) is 3.36.